The van der Waals surface area contributed by atoms with E-state index in [2.05, 4.69) is 10.2 Å². The molecule has 1 saturated heterocycles. The molecule has 0 bridgehead atoms. The van der Waals surface area contributed by atoms with Crippen LogP contribution in [0, 0.1) is 0 Å². The lowest BCUT2D eigenvalue weighted by atomic mass is 10.1. The van der Waals surface area contributed by atoms with Crippen LogP contribution < -0.4 is 11.1 Å². The van der Waals surface area contributed by atoms with Gasteiger partial charge >= 0.3 is 6.18 Å². The van der Waals surface area contributed by atoms with Crippen LogP contribution in [0.5, 0.6) is 0 Å². The van der Waals surface area contributed by atoms with E-state index in [1.165, 1.54) is 12.1 Å². The van der Waals surface area contributed by atoms with Crippen molar-refractivity contribution in [2.24, 2.45) is 5.73 Å². The molecule has 3 rings (SSSR count). The van der Waals surface area contributed by atoms with E-state index in [-0.39, 0.29) is 36.8 Å². The van der Waals surface area contributed by atoms with Crippen LogP contribution in [0.15, 0.2) is 24.3 Å². The standard InChI is InChI=1S/C16H20F3N3O.2ClH/c17-16(18,19)12-3-1-11(2-4-12)9-22-8-5-13(10-22)21-14(23)15(20)6-7-15;;/h1-4,13H,5-10,20H2,(H,21,23);2*1H. The first-order valence-electron chi connectivity index (χ1n) is 7.75. The maximum absolute atomic E-state index is 12.5. The van der Waals surface area contributed by atoms with E-state index in [0.29, 0.717) is 13.1 Å². The summed E-state index contributed by atoms with van der Waals surface area (Å²) in [7, 11) is 0. The molecular weight excluding hydrogens is 378 g/mol. The Bertz CT molecular complexity index is 591. The van der Waals surface area contributed by atoms with Crippen molar-refractivity contribution in [2.75, 3.05) is 13.1 Å². The molecule has 9 heteroatoms. The van der Waals surface area contributed by atoms with Gasteiger partial charge in [-0.1, -0.05) is 12.1 Å². The number of hydrogen-bond donors (Lipinski definition) is 2. The average Bonchev–Trinajstić information content (AvgIpc) is 3.09. The molecule has 1 amide bonds. The van der Waals surface area contributed by atoms with E-state index in [0.717, 1.165) is 43.5 Å². The van der Waals surface area contributed by atoms with Gasteiger partial charge in [-0.25, -0.2) is 0 Å². The van der Waals surface area contributed by atoms with Gasteiger partial charge in [0.25, 0.3) is 0 Å². The monoisotopic (exact) mass is 399 g/mol. The first-order valence-corrected chi connectivity index (χ1v) is 7.75. The largest absolute Gasteiger partial charge is 0.416 e. The van der Waals surface area contributed by atoms with Gasteiger partial charge in [-0.15, -0.1) is 24.8 Å². The number of benzene rings is 1. The highest BCUT2D eigenvalue weighted by atomic mass is 35.5. The first-order chi connectivity index (χ1) is 10.8. The minimum atomic E-state index is -4.30. The van der Waals surface area contributed by atoms with Crippen LogP contribution in [0.3, 0.4) is 0 Å². The average molecular weight is 400 g/mol. The molecule has 2 fully saturated rings. The van der Waals surface area contributed by atoms with Crippen LogP contribution in [0.2, 0.25) is 0 Å². The topological polar surface area (TPSA) is 58.4 Å². The lowest BCUT2D eigenvalue weighted by molar-refractivity contribution is -0.137. The Morgan fingerprint density at radius 2 is 1.84 bits per heavy atom. The minimum Gasteiger partial charge on any atom is -0.350 e. The van der Waals surface area contributed by atoms with E-state index in [9.17, 15) is 18.0 Å². The molecule has 1 aromatic rings. The fourth-order valence-corrected chi connectivity index (χ4v) is 2.84. The van der Waals surface area contributed by atoms with Crippen LogP contribution >= 0.6 is 24.8 Å². The van der Waals surface area contributed by atoms with Crippen LogP contribution in [0.25, 0.3) is 0 Å². The Balaban J connectivity index is 0.00000156. The van der Waals surface area contributed by atoms with Crippen molar-refractivity contribution in [3.05, 3.63) is 35.4 Å². The van der Waals surface area contributed by atoms with Gasteiger partial charge in [0.05, 0.1) is 11.1 Å². The van der Waals surface area contributed by atoms with E-state index >= 15 is 0 Å². The second-order valence-corrected chi connectivity index (χ2v) is 6.54. The summed E-state index contributed by atoms with van der Waals surface area (Å²) in [6, 6.07) is 5.30. The predicted molar refractivity (Wildman–Crippen MR) is 93.9 cm³/mol. The van der Waals surface area contributed by atoms with E-state index < -0.39 is 17.3 Å². The summed E-state index contributed by atoms with van der Waals surface area (Å²) in [6.45, 7) is 2.09. The number of likely N-dealkylation sites (tertiary alicyclic amines) is 1. The van der Waals surface area contributed by atoms with Crippen molar-refractivity contribution in [2.45, 2.75) is 43.6 Å². The quantitative estimate of drug-likeness (QED) is 0.818. The van der Waals surface area contributed by atoms with Gasteiger partial charge < -0.3 is 11.1 Å². The molecule has 1 aromatic carbocycles. The minimum absolute atomic E-state index is 0. The van der Waals surface area contributed by atoms with Crippen LogP contribution in [-0.4, -0.2) is 35.5 Å². The maximum atomic E-state index is 12.5. The van der Waals surface area contributed by atoms with Crippen molar-refractivity contribution in [1.82, 2.24) is 10.2 Å². The molecule has 0 aromatic heterocycles. The Morgan fingerprint density at radius 1 is 1.24 bits per heavy atom. The Kier molecular flexibility index (Phi) is 7.15. The fourth-order valence-electron chi connectivity index (χ4n) is 2.84. The highest BCUT2D eigenvalue weighted by Crippen LogP contribution is 2.32. The molecule has 142 valence electrons. The SMILES string of the molecule is Cl.Cl.NC1(C(=O)NC2CCN(Cc3ccc(C(F)(F)F)cc3)C2)CC1. The van der Waals surface area contributed by atoms with Gasteiger partial charge in [0.1, 0.15) is 0 Å². The summed E-state index contributed by atoms with van der Waals surface area (Å²) >= 11 is 0. The lowest BCUT2D eigenvalue weighted by Crippen LogP contribution is -2.47. The van der Waals surface area contributed by atoms with Crippen molar-refractivity contribution >= 4 is 30.7 Å². The van der Waals surface area contributed by atoms with E-state index in [1.54, 1.807) is 0 Å². The Hall–Kier alpha value is -1.02. The molecule has 0 radical (unpaired) electrons. The molecule has 1 aliphatic carbocycles. The first kappa shape index (κ1) is 22.0. The van der Waals surface area contributed by atoms with Gasteiger partial charge in [-0.2, -0.15) is 13.2 Å². The van der Waals surface area contributed by atoms with Crippen LogP contribution in [-0.2, 0) is 17.5 Å². The third kappa shape index (κ3) is 5.48. The summed E-state index contributed by atoms with van der Waals surface area (Å²) in [6.07, 6.45) is -1.99. The van der Waals surface area contributed by atoms with Gasteiger partial charge in [-0.3, -0.25) is 9.69 Å². The normalized spacial score (nSPS) is 21.8. The molecular formula is C16H22Cl2F3N3O. The third-order valence-electron chi connectivity index (χ3n) is 4.54. The molecule has 2 aliphatic rings. The van der Waals surface area contributed by atoms with Crippen LogP contribution in [0.4, 0.5) is 13.2 Å². The molecule has 25 heavy (non-hydrogen) atoms. The summed E-state index contributed by atoms with van der Waals surface area (Å²) in [5.74, 6) is -0.0844. The highest BCUT2D eigenvalue weighted by Gasteiger charge is 2.46. The number of halogens is 5. The predicted octanol–water partition coefficient (Wildman–Crippen LogP) is 2.73. The molecule has 0 spiro atoms. The van der Waals surface area contributed by atoms with Crippen LogP contribution in [0.1, 0.15) is 30.4 Å². The number of nitrogens with two attached hydrogens (primary N) is 1. The van der Waals surface area contributed by atoms with Gasteiger partial charge in [0, 0.05) is 25.7 Å². The van der Waals surface area contributed by atoms with Gasteiger partial charge in [-0.05, 0) is 37.0 Å². The summed E-state index contributed by atoms with van der Waals surface area (Å²) in [5.41, 5.74) is 5.39. The zero-order valence-electron chi connectivity index (χ0n) is 13.5. The van der Waals surface area contributed by atoms with Crippen molar-refractivity contribution < 1.29 is 18.0 Å². The molecule has 3 N–H and O–H groups in total. The lowest BCUT2D eigenvalue weighted by Gasteiger charge is -2.18. The Morgan fingerprint density at radius 3 is 2.36 bits per heavy atom. The number of carbonyl (C=O) groups excluding carboxylic acids is 1. The second-order valence-electron chi connectivity index (χ2n) is 6.54. The number of amides is 1. The third-order valence-corrected chi connectivity index (χ3v) is 4.54. The maximum Gasteiger partial charge on any atom is 0.416 e. The summed E-state index contributed by atoms with van der Waals surface area (Å²) in [4.78, 5) is 14.0. The number of rotatable bonds is 4. The number of nitrogens with one attached hydrogen (secondary N) is 1. The molecule has 1 heterocycles. The highest BCUT2D eigenvalue weighted by molar-refractivity contribution is 5.89. The van der Waals surface area contributed by atoms with Crippen molar-refractivity contribution in [3.8, 4) is 0 Å². The smallest absolute Gasteiger partial charge is 0.350 e. The number of nitrogens with zero attached hydrogens (tertiary/aromatic N) is 1. The molecule has 1 unspecified atom stereocenters. The van der Waals surface area contributed by atoms with E-state index in [1.807, 2.05) is 0 Å². The molecule has 1 aliphatic heterocycles. The van der Waals surface area contributed by atoms with Gasteiger partial charge in [0.15, 0.2) is 0 Å². The molecule has 1 atom stereocenters. The second kappa shape index (κ2) is 8.12. The zero-order valence-corrected chi connectivity index (χ0v) is 15.1. The van der Waals surface area contributed by atoms with Crippen molar-refractivity contribution in [3.63, 3.8) is 0 Å². The van der Waals surface area contributed by atoms with Gasteiger partial charge in [0.2, 0.25) is 5.91 Å². The van der Waals surface area contributed by atoms with Crippen molar-refractivity contribution in [1.29, 1.82) is 0 Å². The Labute approximate surface area is 157 Å². The molecule has 4 nitrogen and oxygen atoms in total. The number of carbonyl (C=O) groups is 1. The number of alkyl halides is 3. The zero-order chi connectivity index (χ0) is 16.7. The number of hydrogen-bond acceptors (Lipinski definition) is 3. The summed E-state index contributed by atoms with van der Waals surface area (Å²) < 4.78 is 37.6. The summed E-state index contributed by atoms with van der Waals surface area (Å²) in [5, 5.41) is 2.97. The van der Waals surface area contributed by atoms with E-state index in [4.69, 9.17) is 5.73 Å². The fraction of sp³-hybridized carbons (Fsp3) is 0.562. The molecule has 1 saturated carbocycles.